The predicted octanol–water partition coefficient (Wildman–Crippen LogP) is 2.67. The minimum atomic E-state index is -0.435. The number of cyclic esters (lactones) is 1. The van der Waals surface area contributed by atoms with E-state index in [4.69, 9.17) is 16.3 Å². The highest BCUT2D eigenvalue weighted by Gasteiger charge is 2.29. The second-order valence-electron chi connectivity index (χ2n) is 10.7. The molecule has 0 radical (unpaired) electrons. The average Bonchev–Trinajstić information content (AvgIpc) is 3.38. The van der Waals surface area contributed by atoms with Gasteiger partial charge in [0.25, 0.3) is 0 Å². The molecule has 1 atom stereocenters. The van der Waals surface area contributed by atoms with Crippen molar-refractivity contribution < 1.29 is 18.7 Å². The molecule has 13 heteroatoms. The first-order valence-electron chi connectivity index (χ1n) is 14.0. The van der Waals surface area contributed by atoms with Gasteiger partial charge in [0.05, 0.1) is 23.9 Å². The minimum absolute atomic E-state index is 0.108. The predicted molar refractivity (Wildman–Crippen MR) is 159 cm³/mol. The number of halogens is 2. The van der Waals surface area contributed by atoms with E-state index in [1.54, 1.807) is 30.5 Å². The Morgan fingerprint density at radius 3 is 2.79 bits per heavy atom. The first-order chi connectivity index (χ1) is 20.2. The number of ether oxygens (including phenoxy) is 1. The molecule has 2 saturated heterocycles. The van der Waals surface area contributed by atoms with Crippen LogP contribution in [0, 0.1) is 11.7 Å². The van der Waals surface area contributed by atoms with Crippen molar-refractivity contribution in [3.05, 3.63) is 70.5 Å². The van der Waals surface area contributed by atoms with Crippen LogP contribution < -0.4 is 21.5 Å². The lowest BCUT2D eigenvalue weighted by Crippen LogP contribution is -2.45. The van der Waals surface area contributed by atoms with Gasteiger partial charge in [0.2, 0.25) is 5.91 Å². The van der Waals surface area contributed by atoms with Crippen LogP contribution in [-0.4, -0.2) is 91.5 Å². The minimum Gasteiger partial charge on any atom is -0.465 e. The Balaban J connectivity index is 1.33. The summed E-state index contributed by atoms with van der Waals surface area (Å²) in [6, 6.07) is 7.85. The molecule has 224 valence electrons. The van der Waals surface area contributed by atoms with Gasteiger partial charge in [-0.25, -0.2) is 9.37 Å². The normalized spacial score (nSPS) is 19.5. The number of esters is 1. The molecule has 1 unspecified atom stereocenters. The number of aromatic nitrogens is 1. The third-order valence-electron chi connectivity index (χ3n) is 7.56. The number of piperazine rings is 1. The number of carbonyl (C=O) groups excluding carboxylic acids is 2. The molecule has 4 N–H and O–H groups in total. The molecule has 0 aliphatic carbocycles. The van der Waals surface area contributed by atoms with Gasteiger partial charge >= 0.3 is 5.97 Å². The maximum Gasteiger partial charge on any atom is 0.310 e. The van der Waals surface area contributed by atoms with Gasteiger partial charge in [-0.1, -0.05) is 11.6 Å². The van der Waals surface area contributed by atoms with Crippen molar-refractivity contribution in [2.45, 2.75) is 12.8 Å². The van der Waals surface area contributed by atoms with Crippen molar-refractivity contribution in [1.29, 1.82) is 0 Å². The number of carbonyl (C=O) groups is 2. The smallest absolute Gasteiger partial charge is 0.310 e. The third kappa shape index (κ3) is 7.50. The molecule has 4 heterocycles. The van der Waals surface area contributed by atoms with Crippen molar-refractivity contribution in [1.82, 2.24) is 30.5 Å². The van der Waals surface area contributed by atoms with Crippen molar-refractivity contribution in [2.75, 3.05) is 70.6 Å². The highest BCUT2D eigenvalue weighted by molar-refractivity contribution is 6.30. The zero-order valence-corrected chi connectivity index (χ0v) is 24.5. The van der Waals surface area contributed by atoms with Crippen LogP contribution in [0.5, 0.6) is 0 Å². The van der Waals surface area contributed by atoms with Gasteiger partial charge in [-0.05, 0) is 43.8 Å². The lowest BCUT2D eigenvalue weighted by Gasteiger charge is -2.32. The summed E-state index contributed by atoms with van der Waals surface area (Å²) in [7, 11) is 3.96. The second kappa shape index (κ2) is 13.4. The van der Waals surface area contributed by atoms with E-state index in [2.05, 4.69) is 43.3 Å². The van der Waals surface area contributed by atoms with Gasteiger partial charge in [-0.3, -0.25) is 20.4 Å². The van der Waals surface area contributed by atoms with Gasteiger partial charge in [0.1, 0.15) is 17.5 Å². The molecule has 1 aromatic carbocycles. The topological polar surface area (TPSA) is 114 Å². The van der Waals surface area contributed by atoms with Crippen molar-refractivity contribution in [3.8, 4) is 0 Å². The van der Waals surface area contributed by atoms with E-state index in [0.29, 0.717) is 71.8 Å². The molecule has 3 aliphatic heterocycles. The van der Waals surface area contributed by atoms with Crippen molar-refractivity contribution in [2.24, 2.45) is 5.92 Å². The van der Waals surface area contributed by atoms with Crippen LogP contribution in [-0.2, 0) is 14.3 Å². The molecule has 11 nitrogen and oxygen atoms in total. The second-order valence-corrected chi connectivity index (χ2v) is 11.2. The van der Waals surface area contributed by atoms with Crippen molar-refractivity contribution in [3.63, 3.8) is 0 Å². The third-order valence-corrected chi connectivity index (χ3v) is 7.79. The highest BCUT2D eigenvalue weighted by atomic mass is 35.5. The van der Waals surface area contributed by atoms with Gasteiger partial charge in [-0.2, -0.15) is 0 Å². The maximum absolute atomic E-state index is 14.7. The van der Waals surface area contributed by atoms with Crippen LogP contribution in [0.15, 0.2) is 54.1 Å². The van der Waals surface area contributed by atoms with E-state index in [9.17, 15) is 14.0 Å². The summed E-state index contributed by atoms with van der Waals surface area (Å²) < 4.78 is 19.9. The number of anilines is 2. The van der Waals surface area contributed by atoms with E-state index >= 15 is 0 Å². The first kappa shape index (κ1) is 29.6. The summed E-state index contributed by atoms with van der Waals surface area (Å²) in [6.07, 6.45) is 4.38. The molecule has 42 heavy (non-hydrogen) atoms. The number of hydrogen-bond donors (Lipinski definition) is 4. The Morgan fingerprint density at radius 1 is 1.21 bits per heavy atom. The molecular weight excluding hydrogens is 563 g/mol. The number of rotatable bonds is 10. The first-order valence-corrected chi connectivity index (χ1v) is 14.4. The van der Waals surface area contributed by atoms with E-state index < -0.39 is 5.82 Å². The number of nitrogens with zero attached hydrogens (tertiary/aromatic N) is 4. The molecule has 0 saturated carbocycles. The molecular formula is C29H36ClFN8O3. The summed E-state index contributed by atoms with van der Waals surface area (Å²) in [5, 5.41) is 6.66. The van der Waals surface area contributed by atoms with Gasteiger partial charge in [0.15, 0.2) is 0 Å². The molecule has 2 fully saturated rings. The Kier molecular flexibility index (Phi) is 9.45. The number of benzene rings is 1. The van der Waals surface area contributed by atoms with E-state index in [1.165, 1.54) is 12.1 Å². The Bertz CT molecular complexity index is 1380. The number of likely N-dealkylation sites (N-methyl/N-ethyl adjacent to an activating group) is 1. The maximum atomic E-state index is 14.7. The standard InChI is InChI=1S/C29H36ClFN8O3/c1-37-10-12-39(13-11-37)9-6-27(40)34-26-16-21(5-8-32-26)33-25-17-24(22-15-20(30)3-4-23(22)31)35-36-28(25)38(2)18-19-7-14-42-29(19)41/h3-5,8,15-17,19,35-36H,6-7,9-14,18H2,1-2H3,(H2,32,33,34,40). The highest BCUT2D eigenvalue weighted by Crippen LogP contribution is 2.27. The fraction of sp³-hybridized carbons (Fsp3) is 0.414. The summed E-state index contributed by atoms with van der Waals surface area (Å²) in [4.78, 5) is 35.6. The van der Waals surface area contributed by atoms with Gasteiger partial charge < -0.3 is 30.1 Å². The zero-order chi connectivity index (χ0) is 29.6. The summed E-state index contributed by atoms with van der Waals surface area (Å²) in [5.74, 6) is 0.0316. The Morgan fingerprint density at radius 2 is 2.02 bits per heavy atom. The van der Waals surface area contributed by atoms with Crippen LogP contribution in [0.3, 0.4) is 0 Å². The SMILES string of the molecule is CN1CCN(CCC(=O)Nc2cc(NC3=C(N(C)CC4CCOC4=O)NNC(c4cc(Cl)ccc4F)=C3)ccn2)CC1. The van der Waals surface area contributed by atoms with Gasteiger partial charge in [-0.15, -0.1) is 0 Å². The number of pyridine rings is 1. The van der Waals surface area contributed by atoms with Gasteiger partial charge in [0, 0.05) is 81.3 Å². The lowest BCUT2D eigenvalue weighted by atomic mass is 10.1. The lowest BCUT2D eigenvalue weighted by molar-refractivity contribution is -0.141. The van der Waals surface area contributed by atoms with E-state index in [1.807, 2.05) is 11.9 Å². The summed E-state index contributed by atoms with van der Waals surface area (Å²) in [5.41, 5.74) is 8.20. The molecule has 3 aliphatic rings. The molecule has 0 bridgehead atoms. The van der Waals surface area contributed by atoms with E-state index in [-0.39, 0.29) is 17.8 Å². The molecule has 1 amide bonds. The number of allylic oxidation sites excluding steroid dienone is 1. The largest absolute Gasteiger partial charge is 0.465 e. The molecule has 0 spiro atoms. The molecule has 2 aromatic rings. The summed E-state index contributed by atoms with van der Waals surface area (Å²) >= 11 is 6.15. The number of hydrogen-bond acceptors (Lipinski definition) is 10. The van der Waals surface area contributed by atoms with Crippen molar-refractivity contribution >= 4 is 40.7 Å². The van der Waals surface area contributed by atoms with E-state index in [0.717, 1.165) is 26.2 Å². The number of nitrogens with one attached hydrogen (secondary N) is 4. The fourth-order valence-electron chi connectivity index (χ4n) is 5.08. The van der Waals surface area contributed by atoms with Crippen LogP contribution in [0.1, 0.15) is 18.4 Å². The monoisotopic (exact) mass is 598 g/mol. The van der Waals surface area contributed by atoms with Crippen LogP contribution in [0.4, 0.5) is 15.9 Å². The van der Waals surface area contributed by atoms with Crippen LogP contribution in [0.25, 0.3) is 5.70 Å². The molecule has 1 aromatic heterocycles. The number of amides is 1. The average molecular weight is 599 g/mol. The Labute approximate surface area is 249 Å². The zero-order valence-electron chi connectivity index (χ0n) is 23.8. The Hall–Kier alpha value is -3.87. The molecule has 5 rings (SSSR count). The fourth-order valence-corrected chi connectivity index (χ4v) is 5.25. The quantitative estimate of drug-likeness (QED) is 0.304. The summed E-state index contributed by atoms with van der Waals surface area (Å²) in [6.45, 7) is 5.43. The number of hydrazine groups is 1. The van der Waals surface area contributed by atoms with Crippen LogP contribution in [0.2, 0.25) is 5.02 Å². The van der Waals surface area contributed by atoms with Crippen LogP contribution >= 0.6 is 11.6 Å².